The topological polar surface area (TPSA) is 58.6 Å². The zero-order valence-corrected chi connectivity index (χ0v) is 11.9. The molecular weight excluding hydrogens is 301 g/mol. The highest BCUT2D eigenvalue weighted by Crippen LogP contribution is 2.19. The van der Waals surface area contributed by atoms with Crippen molar-refractivity contribution >= 4 is 17.5 Å². The molecule has 0 radical (unpaired) electrons. The molecule has 5 nitrogen and oxygen atoms in total. The molecule has 120 valence electrons. The molecule has 1 aliphatic rings. The molecule has 1 heterocycles. The van der Waals surface area contributed by atoms with Crippen LogP contribution in [-0.4, -0.2) is 43.0 Å². The number of carbonyl (C=O) groups excluding carboxylic acids is 2. The number of carbonyl (C=O) groups is 2. The summed E-state index contributed by atoms with van der Waals surface area (Å²) in [5.74, 6) is -5.57. The van der Waals surface area contributed by atoms with Crippen molar-refractivity contribution in [3.63, 3.8) is 0 Å². The minimum Gasteiger partial charge on any atom is -0.368 e. The van der Waals surface area contributed by atoms with E-state index in [9.17, 15) is 22.8 Å². The van der Waals surface area contributed by atoms with Gasteiger partial charge in [0.25, 0.3) is 5.91 Å². The molecule has 0 aliphatic carbocycles. The van der Waals surface area contributed by atoms with E-state index in [-0.39, 0.29) is 12.5 Å². The summed E-state index contributed by atoms with van der Waals surface area (Å²) in [5, 5.41) is 2.10. The largest absolute Gasteiger partial charge is 0.368 e. The summed E-state index contributed by atoms with van der Waals surface area (Å²) < 4.78 is 44.5. The van der Waals surface area contributed by atoms with Gasteiger partial charge in [-0.05, 0) is 25.0 Å². The highest BCUT2D eigenvalue weighted by molar-refractivity contribution is 5.95. The van der Waals surface area contributed by atoms with Crippen LogP contribution >= 0.6 is 0 Å². The molecule has 0 saturated carbocycles. The van der Waals surface area contributed by atoms with Crippen LogP contribution in [0.25, 0.3) is 0 Å². The van der Waals surface area contributed by atoms with Gasteiger partial charge in [-0.1, -0.05) is 0 Å². The van der Waals surface area contributed by atoms with E-state index in [1.165, 1.54) is 7.05 Å². The van der Waals surface area contributed by atoms with E-state index in [1.54, 1.807) is 0 Å². The summed E-state index contributed by atoms with van der Waals surface area (Å²) in [5.41, 5.74) is -0.484. The molecule has 8 heteroatoms. The fraction of sp³-hybridized carbons (Fsp3) is 0.429. The van der Waals surface area contributed by atoms with Gasteiger partial charge in [0.2, 0.25) is 5.91 Å². The number of amides is 2. The second-order valence-corrected chi connectivity index (χ2v) is 4.97. The van der Waals surface area contributed by atoms with Gasteiger partial charge < -0.3 is 15.0 Å². The van der Waals surface area contributed by atoms with E-state index < -0.39 is 35.2 Å². The molecule has 22 heavy (non-hydrogen) atoms. The molecule has 1 aromatic carbocycles. The Morgan fingerprint density at radius 2 is 2.05 bits per heavy atom. The number of benzene rings is 1. The first-order valence-electron chi connectivity index (χ1n) is 6.70. The van der Waals surface area contributed by atoms with Gasteiger partial charge >= 0.3 is 0 Å². The monoisotopic (exact) mass is 316 g/mol. The molecule has 0 bridgehead atoms. The van der Waals surface area contributed by atoms with Crippen molar-refractivity contribution in [3.05, 3.63) is 29.6 Å². The van der Waals surface area contributed by atoms with Crippen LogP contribution in [0.1, 0.15) is 12.8 Å². The Bertz CT molecular complexity index is 589. The van der Waals surface area contributed by atoms with Gasteiger partial charge in [-0.2, -0.15) is 0 Å². The van der Waals surface area contributed by atoms with Gasteiger partial charge in [0, 0.05) is 13.7 Å². The van der Waals surface area contributed by atoms with Crippen molar-refractivity contribution in [2.24, 2.45) is 0 Å². The molecule has 1 saturated heterocycles. The molecule has 1 N–H and O–H groups in total. The van der Waals surface area contributed by atoms with E-state index in [0.717, 1.165) is 17.4 Å². The van der Waals surface area contributed by atoms with Gasteiger partial charge in [-0.3, -0.25) is 9.59 Å². The van der Waals surface area contributed by atoms with Gasteiger partial charge in [-0.15, -0.1) is 0 Å². The van der Waals surface area contributed by atoms with Crippen LogP contribution in [0.2, 0.25) is 0 Å². The van der Waals surface area contributed by atoms with Gasteiger partial charge in [0.15, 0.2) is 17.5 Å². The molecule has 0 aromatic heterocycles. The number of nitrogens with one attached hydrogen (secondary N) is 1. The molecule has 1 fully saturated rings. The highest BCUT2D eigenvalue weighted by Gasteiger charge is 2.27. The lowest BCUT2D eigenvalue weighted by Crippen LogP contribution is -2.40. The Labute approximate surface area is 125 Å². The Balaban J connectivity index is 1.95. The molecule has 0 spiro atoms. The third kappa shape index (κ3) is 3.56. The molecule has 1 aromatic rings. The number of rotatable bonds is 4. The Hall–Kier alpha value is -2.09. The number of ether oxygens (including phenoxy) is 1. The number of nitrogens with zero attached hydrogens (tertiary/aromatic N) is 1. The second-order valence-electron chi connectivity index (χ2n) is 4.97. The fourth-order valence-corrected chi connectivity index (χ4v) is 2.12. The van der Waals surface area contributed by atoms with Crippen LogP contribution in [0.4, 0.5) is 18.9 Å². The third-order valence-electron chi connectivity index (χ3n) is 3.27. The van der Waals surface area contributed by atoms with Crippen molar-refractivity contribution < 1.29 is 27.5 Å². The van der Waals surface area contributed by atoms with E-state index in [1.807, 2.05) is 0 Å². The number of hydrogen-bond donors (Lipinski definition) is 1. The van der Waals surface area contributed by atoms with Crippen LogP contribution < -0.4 is 5.32 Å². The van der Waals surface area contributed by atoms with E-state index in [2.05, 4.69) is 5.32 Å². The van der Waals surface area contributed by atoms with Crippen LogP contribution in [0.5, 0.6) is 0 Å². The van der Waals surface area contributed by atoms with Crippen LogP contribution in [0, 0.1) is 17.5 Å². The normalized spacial score (nSPS) is 17.4. The van der Waals surface area contributed by atoms with Gasteiger partial charge in [0.05, 0.1) is 12.2 Å². The fourth-order valence-electron chi connectivity index (χ4n) is 2.12. The average molecular weight is 316 g/mol. The summed E-state index contributed by atoms with van der Waals surface area (Å²) in [6.07, 6.45) is 0.789. The van der Waals surface area contributed by atoms with Crippen molar-refractivity contribution in [2.75, 3.05) is 25.5 Å². The second kappa shape index (κ2) is 6.78. The number of halogens is 3. The number of likely N-dealkylation sites (N-methyl/N-ethyl adjacent to an activating group) is 1. The summed E-state index contributed by atoms with van der Waals surface area (Å²) in [7, 11) is 1.41. The molecule has 1 aliphatic heterocycles. The first kappa shape index (κ1) is 16.3. The van der Waals surface area contributed by atoms with Crippen molar-refractivity contribution in [3.8, 4) is 0 Å². The number of anilines is 1. The van der Waals surface area contributed by atoms with E-state index in [0.29, 0.717) is 19.1 Å². The van der Waals surface area contributed by atoms with Crippen LogP contribution in [-0.2, 0) is 14.3 Å². The summed E-state index contributed by atoms with van der Waals surface area (Å²) in [6, 6.07) is 1.61. The Kier molecular flexibility index (Phi) is 5.02. The van der Waals surface area contributed by atoms with E-state index >= 15 is 0 Å². The van der Waals surface area contributed by atoms with Crippen LogP contribution in [0.3, 0.4) is 0 Å². The maximum atomic E-state index is 13.4. The minimum absolute atomic E-state index is 0.349. The maximum Gasteiger partial charge on any atom is 0.251 e. The highest BCUT2D eigenvalue weighted by atomic mass is 19.2. The maximum absolute atomic E-state index is 13.4. The van der Waals surface area contributed by atoms with E-state index in [4.69, 9.17) is 4.74 Å². The molecule has 1 atom stereocenters. The van der Waals surface area contributed by atoms with Gasteiger partial charge in [0.1, 0.15) is 6.10 Å². The van der Waals surface area contributed by atoms with Crippen molar-refractivity contribution in [2.45, 2.75) is 18.9 Å². The lowest BCUT2D eigenvalue weighted by atomic mass is 10.2. The average Bonchev–Trinajstić information content (AvgIpc) is 3.01. The quantitative estimate of drug-likeness (QED) is 0.860. The standard InChI is InChI=1S/C14H15F3N2O3/c1-19(14(21)10-3-2-6-22-10)7-11(20)18-9-5-4-8(15)12(16)13(9)17/h4-5,10H,2-3,6-7H2,1H3,(H,18,20)/t10-/m1/s1. The Morgan fingerprint density at radius 3 is 2.68 bits per heavy atom. The Morgan fingerprint density at radius 1 is 1.32 bits per heavy atom. The predicted octanol–water partition coefficient (Wildman–Crippen LogP) is 1.68. The van der Waals surface area contributed by atoms with Crippen molar-refractivity contribution in [1.29, 1.82) is 0 Å². The first-order chi connectivity index (χ1) is 10.4. The minimum atomic E-state index is -1.67. The molecule has 2 rings (SSSR count). The van der Waals surface area contributed by atoms with Crippen molar-refractivity contribution in [1.82, 2.24) is 4.90 Å². The summed E-state index contributed by atoms with van der Waals surface area (Å²) in [6.45, 7) is 0.146. The summed E-state index contributed by atoms with van der Waals surface area (Å²) >= 11 is 0. The number of hydrogen-bond acceptors (Lipinski definition) is 3. The SMILES string of the molecule is CN(CC(=O)Nc1ccc(F)c(F)c1F)C(=O)[C@H]1CCCO1. The molecular formula is C14H15F3N2O3. The molecule has 2 amide bonds. The first-order valence-corrected chi connectivity index (χ1v) is 6.70. The van der Waals surface area contributed by atoms with Crippen LogP contribution in [0.15, 0.2) is 12.1 Å². The third-order valence-corrected chi connectivity index (χ3v) is 3.27. The lowest BCUT2D eigenvalue weighted by molar-refractivity contribution is -0.141. The molecule has 0 unspecified atom stereocenters. The lowest BCUT2D eigenvalue weighted by Gasteiger charge is -2.20. The predicted molar refractivity (Wildman–Crippen MR) is 71.6 cm³/mol. The summed E-state index contributed by atoms with van der Waals surface area (Å²) in [4.78, 5) is 24.8. The zero-order valence-electron chi connectivity index (χ0n) is 11.9. The smallest absolute Gasteiger partial charge is 0.251 e. The van der Waals surface area contributed by atoms with Gasteiger partial charge in [-0.25, -0.2) is 13.2 Å². The zero-order chi connectivity index (χ0) is 16.3.